The Bertz CT molecular complexity index is 473. The summed E-state index contributed by atoms with van der Waals surface area (Å²) in [6.07, 6.45) is 1.98. The molecule has 5 nitrogen and oxygen atoms in total. The molecule has 2 N–H and O–H groups in total. The molecule has 0 bridgehead atoms. The van der Waals surface area contributed by atoms with Crippen LogP contribution in [0.3, 0.4) is 0 Å². The molecule has 0 amide bonds. The van der Waals surface area contributed by atoms with Crippen molar-refractivity contribution < 1.29 is 4.52 Å². The predicted molar refractivity (Wildman–Crippen MR) is 65.3 cm³/mol. The monoisotopic (exact) mass is 250 g/mol. The summed E-state index contributed by atoms with van der Waals surface area (Å²) >= 11 is 1.62. The number of nitrogens with two attached hydrogens (primary N) is 1. The second kappa shape index (κ2) is 4.56. The standard InChI is InChI=1S/C11H14N4OS/c12-15-5-3-8(4-6-15)11-13-10(14-16-11)9-2-1-7-17-9/h1-2,7-8H,3-6,12H2. The van der Waals surface area contributed by atoms with Gasteiger partial charge in [0.1, 0.15) is 0 Å². The van der Waals surface area contributed by atoms with E-state index < -0.39 is 0 Å². The zero-order valence-electron chi connectivity index (χ0n) is 9.37. The maximum atomic E-state index is 5.73. The second-order valence-electron chi connectivity index (χ2n) is 4.24. The van der Waals surface area contributed by atoms with Gasteiger partial charge in [0.05, 0.1) is 4.88 Å². The molecule has 90 valence electrons. The van der Waals surface area contributed by atoms with E-state index in [4.69, 9.17) is 10.4 Å². The largest absolute Gasteiger partial charge is 0.339 e. The third-order valence-corrected chi connectivity index (χ3v) is 3.93. The minimum absolute atomic E-state index is 0.357. The van der Waals surface area contributed by atoms with Gasteiger partial charge in [0.25, 0.3) is 0 Å². The average molecular weight is 250 g/mol. The Labute approximate surface area is 103 Å². The molecule has 2 aromatic heterocycles. The van der Waals surface area contributed by atoms with Crippen LogP contribution in [0.15, 0.2) is 22.0 Å². The van der Waals surface area contributed by atoms with Crippen molar-refractivity contribution in [2.75, 3.05) is 13.1 Å². The fraction of sp³-hybridized carbons (Fsp3) is 0.455. The van der Waals surface area contributed by atoms with Crippen LogP contribution in [0.1, 0.15) is 24.7 Å². The Balaban J connectivity index is 1.76. The number of piperidine rings is 1. The van der Waals surface area contributed by atoms with Gasteiger partial charge < -0.3 is 4.52 Å². The van der Waals surface area contributed by atoms with Gasteiger partial charge in [0.15, 0.2) is 0 Å². The van der Waals surface area contributed by atoms with Crippen LogP contribution in [0.5, 0.6) is 0 Å². The quantitative estimate of drug-likeness (QED) is 0.824. The lowest BCUT2D eigenvalue weighted by Gasteiger charge is -2.25. The molecule has 3 heterocycles. The summed E-state index contributed by atoms with van der Waals surface area (Å²) in [5, 5.41) is 7.88. The number of thiophene rings is 1. The van der Waals surface area contributed by atoms with E-state index in [1.54, 1.807) is 11.3 Å². The van der Waals surface area contributed by atoms with E-state index >= 15 is 0 Å². The molecule has 0 spiro atoms. The fourth-order valence-corrected chi connectivity index (χ4v) is 2.70. The van der Waals surface area contributed by atoms with Crippen molar-refractivity contribution in [3.63, 3.8) is 0 Å². The van der Waals surface area contributed by atoms with Crippen LogP contribution in [0.25, 0.3) is 10.7 Å². The number of aromatic nitrogens is 2. The van der Waals surface area contributed by atoms with Gasteiger partial charge in [-0.2, -0.15) is 4.98 Å². The molecule has 3 rings (SSSR count). The molecule has 1 saturated heterocycles. The van der Waals surface area contributed by atoms with Gasteiger partial charge >= 0.3 is 0 Å². The molecule has 0 saturated carbocycles. The summed E-state index contributed by atoms with van der Waals surface area (Å²) in [4.78, 5) is 5.53. The van der Waals surface area contributed by atoms with Gasteiger partial charge in [-0.3, -0.25) is 5.84 Å². The van der Waals surface area contributed by atoms with E-state index in [9.17, 15) is 0 Å². The van der Waals surface area contributed by atoms with Gasteiger partial charge in [0.2, 0.25) is 11.7 Å². The lowest BCUT2D eigenvalue weighted by molar-refractivity contribution is 0.198. The van der Waals surface area contributed by atoms with Crippen LogP contribution in [-0.2, 0) is 0 Å². The van der Waals surface area contributed by atoms with Crippen molar-refractivity contribution in [1.29, 1.82) is 0 Å². The minimum Gasteiger partial charge on any atom is -0.339 e. The van der Waals surface area contributed by atoms with Crippen LogP contribution in [0, 0.1) is 0 Å². The van der Waals surface area contributed by atoms with Gasteiger partial charge in [-0.15, -0.1) is 11.3 Å². The van der Waals surface area contributed by atoms with Gasteiger partial charge in [-0.1, -0.05) is 11.2 Å². The summed E-state index contributed by atoms with van der Waals surface area (Å²) in [6, 6.07) is 3.99. The highest BCUT2D eigenvalue weighted by Gasteiger charge is 2.24. The lowest BCUT2D eigenvalue weighted by atomic mass is 9.98. The molecule has 0 aliphatic carbocycles. The van der Waals surface area contributed by atoms with Crippen molar-refractivity contribution in [3.05, 3.63) is 23.4 Å². The Morgan fingerprint density at radius 3 is 2.94 bits per heavy atom. The molecule has 0 atom stereocenters. The molecule has 6 heteroatoms. The summed E-state index contributed by atoms with van der Waals surface area (Å²) in [6.45, 7) is 1.78. The first-order chi connectivity index (χ1) is 8.33. The SMILES string of the molecule is NN1CCC(c2nc(-c3cccs3)no2)CC1. The highest BCUT2D eigenvalue weighted by molar-refractivity contribution is 7.13. The predicted octanol–water partition coefficient (Wildman–Crippen LogP) is 1.85. The van der Waals surface area contributed by atoms with Crippen molar-refractivity contribution in [3.8, 4) is 10.7 Å². The van der Waals surface area contributed by atoms with E-state index in [1.807, 2.05) is 22.5 Å². The number of hydrogen-bond donors (Lipinski definition) is 1. The second-order valence-corrected chi connectivity index (χ2v) is 5.19. The Morgan fingerprint density at radius 1 is 1.41 bits per heavy atom. The zero-order chi connectivity index (χ0) is 11.7. The van der Waals surface area contributed by atoms with Crippen molar-refractivity contribution in [1.82, 2.24) is 15.1 Å². The molecule has 17 heavy (non-hydrogen) atoms. The van der Waals surface area contributed by atoms with Crippen LogP contribution < -0.4 is 5.84 Å². The van der Waals surface area contributed by atoms with E-state index in [0.717, 1.165) is 36.7 Å². The molecule has 1 fully saturated rings. The average Bonchev–Trinajstić information content (AvgIpc) is 3.00. The third kappa shape index (κ3) is 2.24. The molecule has 1 aliphatic rings. The van der Waals surface area contributed by atoms with Crippen molar-refractivity contribution >= 4 is 11.3 Å². The molecule has 0 radical (unpaired) electrons. The molecule has 2 aromatic rings. The molecule has 0 unspecified atom stereocenters. The van der Waals surface area contributed by atoms with Gasteiger partial charge in [-0.05, 0) is 24.3 Å². The first-order valence-corrected chi connectivity index (χ1v) is 6.58. The van der Waals surface area contributed by atoms with Gasteiger partial charge in [0, 0.05) is 19.0 Å². The molecule has 1 aliphatic heterocycles. The first kappa shape index (κ1) is 10.9. The van der Waals surface area contributed by atoms with E-state index in [0.29, 0.717) is 11.7 Å². The maximum Gasteiger partial charge on any atom is 0.230 e. The number of nitrogens with zero attached hydrogens (tertiary/aromatic N) is 3. The van der Waals surface area contributed by atoms with Crippen LogP contribution in [0.2, 0.25) is 0 Å². The van der Waals surface area contributed by atoms with Crippen molar-refractivity contribution in [2.45, 2.75) is 18.8 Å². The smallest absolute Gasteiger partial charge is 0.230 e. The maximum absolute atomic E-state index is 5.73. The van der Waals surface area contributed by atoms with Gasteiger partial charge in [-0.25, -0.2) is 5.01 Å². The first-order valence-electron chi connectivity index (χ1n) is 5.70. The minimum atomic E-state index is 0.357. The van der Waals surface area contributed by atoms with E-state index in [2.05, 4.69) is 10.1 Å². The molecular weight excluding hydrogens is 236 g/mol. The highest BCUT2D eigenvalue weighted by Crippen LogP contribution is 2.28. The fourth-order valence-electron chi connectivity index (χ4n) is 2.05. The third-order valence-electron chi connectivity index (χ3n) is 3.06. The van der Waals surface area contributed by atoms with Crippen molar-refractivity contribution in [2.24, 2.45) is 5.84 Å². The summed E-state index contributed by atoms with van der Waals surface area (Å²) in [7, 11) is 0. The normalized spacial score (nSPS) is 18.6. The Kier molecular flexibility index (Phi) is 2.92. The van der Waals surface area contributed by atoms with Crippen LogP contribution in [0.4, 0.5) is 0 Å². The lowest BCUT2D eigenvalue weighted by Crippen LogP contribution is -2.38. The number of hydrogen-bond acceptors (Lipinski definition) is 6. The number of rotatable bonds is 2. The zero-order valence-corrected chi connectivity index (χ0v) is 10.2. The van der Waals surface area contributed by atoms with E-state index in [-0.39, 0.29) is 0 Å². The highest BCUT2D eigenvalue weighted by atomic mass is 32.1. The Hall–Kier alpha value is -1.24. The van der Waals surface area contributed by atoms with E-state index in [1.165, 1.54) is 0 Å². The Morgan fingerprint density at radius 2 is 2.24 bits per heavy atom. The molecule has 0 aromatic carbocycles. The topological polar surface area (TPSA) is 68.2 Å². The number of hydrazine groups is 1. The van der Waals surface area contributed by atoms with Crippen LogP contribution in [-0.4, -0.2) is 28.2 Å². The summed E-state index contributed by atoms with van der Waals surface area (Å²) in [5.41, 5.74) is 0. The molecular formula is C11H14N4OS. The summed E-state index contributed by atoms with van der Waals surface area (Å²) < 4.78 is 5.35. The van der Waals surface area contributed by atoms with Crippen LogP contribution >= 0.6 is 11.3 Å². The summed E-state index contributed by atoms with van der Waals surface area (Å²) in [5.74, 6) is 7.53.